The van der Waals surface area contributed by atoms with Crippen LogP contribution < -0.4 is 10.6 Å². The molecular formula is C17H27N3O4. The van der Waals surface area contributed by atoms with Gasteiger partial charge in [0.1, 0.15) is 11.8 Å². The van der Waals surface area contributed by atoms with Gasteiger partial charge in [0, 0.05) is 26.2 Å². The fraction of sp³-hybridized carbons (Fsp3) is 0.647. The van der Waals surface area contributed by atoms with E-state index in [9.17, 15) is 9.59 Å². The van der Waals surface area contributed by atoms with Crippen molar-refractivity contribution in [1.82, 2.24) is 15.5 Å². The molecule has 0 aromatic carbocycles. The zero-order valence-corrected chi connectivity index (χ0v) is 14.6. The van der Waals surface area contributed by atoms with E-state index >= 15 is 0 Å². The highest BCUT2D eigenvalue weighted by molar-refractivity contribution is 5.83. The van der Waals surface area contributed by atoms with Crippen molar-refractivity contribution in [2.24, 2.45) is 5.41 Å². The molecule has 1 fully saturated rings. The minimum atomic E-state index is -0.676. The first kappa shape index (κ1) is 18.3. The zero-order valence-electron chi connectivity index (χ0n) is 14.6. The van der Waals surface area contributed by atoms with Crippen molar-refractivity contribution >= 4 is 12.0 Å². The molecule has 0 aromatic rings. The highest BCUT2D eigenvalue weighted by Gasteiger charge is 2.33. The lowest BCUT2D eigenvalue weighted by Gasteiger charge is -2.33. The van der Waals surface area contributed by atoms with Crippen molar-refractivity contribution in [2.75, 3.05) is 40.4 Å². The highest BCUT2D eigenvalue weighted by atomic mass is 16.5. The third-order valence-electron chi connectivity index (χ3n) is 4.51. The number of carbonyl (C=O) groups is 2. The van der Waals surface area contributed by atoms with Crippen LogP contribution in [0, 0.1) is 5.41 Å². The van der Waals surface area contributed by atoms with E-state index in [1.165, 1.54) is 7.11 Å². The summed E-state index contributed by atoms with van der Waals surface area (Å²) in [5.41, 5.74) is -0.238. The van der Waals surface area contributed by atoms with Gasteiger partial charge in [-0.15, -0.1) is 0 Å². The fourth-order valence-electron chi connectivity index (χ4n) is 2.97. The van der Waals surface area contributed by atoms with E-state index < -0.39 is 12.0 Å². The van der Waals surface area contributed by atoms with E-state index in [-0.39, 0.29) is 11.4 Å². The van der Waals surface area contributed by atoms with Gasteiger partial charge in [0.05, 0.1) is 14.2 Å². The lowest BCUT2D eigenvalue weighted by atomic mass is 9.78. The van der Waals surface area contributed by atoms with Gasteiger partial charge in [-0.25, -0.2) is 9.59 Å². The molecule has 7 heteroatoms. The minimum Gasteiger partial charge on any atom is -0.497 e. The van der Waals surface area contributed by atoms with E-state index in [1.54, 1.807) is 12.0 Å². The third kappa shape index (κ3) is 4.74. The normalized spacial score (nSPS) is 24.8. The summed E-state index contributed by atoms with van der Waals surface area (Å²) in [6.07, 6.45) is 7.13. The molecule has 1 heterocycles. The molecule has 0 aromatic heterocycles. The second kappa shape index (κ2) is 8.19. The highest BCUT2D eigenvalue weighted by Crippen LogP contribution is 2.34. The molecular weight excluding hydrogens is 310 g/mol. The molecule has 2 aliphatic rings. The van der Waals surface area contributed by atoms with E-state index in [0.29, 0.717) is 19.5 Å². The monoisotopic (exact) mass is 337 g/mol. The summed E-state index contributed by atoms with van der Waals surface area (Å²) in [7, 11) is 2.97. The lowest BCUT2D eigenvalue weighted by Crippen LogP contribution is -2.54. The van der Waals surface area contributed by atoms with Gasteiger partial charge in [0.15, 0.2) is 0 Å². The lowest BCUT2D eigenvalue weighted by molar-refractivity contribution is -0.143. The molecule has 0 spiro atoms. The second-order valence-electron chi connectivity index (χ2n) is 6.47. The topological polar surface area (TPSA) is 79.9 Å². The Morgan fingerprint density at radius 3 is 2.62 bits per heavy atom. The van der Waals surface area contributed by atoms with Crippen molar-refractivity contribution in [1.29, 1.82) is 0 Å². The van der Waals surface area contributed by atoms with E-state index in [1.807, 2.05) is 18.2 Å². The SMILES string of the molecule is COC(=O)[C@H](CC1(C)C=CC(OC)=CC1)NC(=O)N1CCNCC1. The Bertz CT molecular complexity index is 526. The summed E-state index contributed by atoms with van der Waals surface area (Å²) in [6, 6.07) is -0.895. The minimum absolute atomic E-state index is 0.219. The molecule has 1 aliphatic heterocycles. The maximum atomic E-state index is 12.4. The van der Waals surface area contributed by atoms with Crippen LogP contribution in [-0.4, -0.2) is 63.3 Å². The Morgan fingerprint density at radius 1 is 1.38 bits per heavy atom. The molecule has 0 bridgehead atoms. The average molecular weight is 337 g/mol. The molecule has 7 nitrogen and oxygen atoms in total. The maximum Gasteiger partial charge on any atom is 0.328 e. The molecule has 0 saturated carbocycles. The predicted molar refractivity (Wildman–Crippen MR) is 90.4 cm³/mol. The van der Waals surface area contributed by atoms with Crippen LogP contribution in [0.1, 0.15) is 19.8 Å². The van der Waals surface area contributed by atoms with Gasteiger partial charge >= 0.3 is 12.0 Å². The number of rotatable bonds is 5. The zero-order chi connectivity index (χ0) is 17.6. The molecule has 0 radical (unpaired) electrons. The number of nitrogens with zero attached hydrogens (tertiary/aromatic N) is 1. The molecule has 24 heavy (non-hydrogen) atoms. The molecule has 1 unspecified atom stereocenters. The van der Waals surface area contributed by atoms with Crippen LogP contribution in [0.4, 0.5) is 4.79 Å². The summed E-state index contributed by atoms with van der Waals surface area (Å²) >= 11 is 0. The quantitative estimate of drug-likeness (QED) is 0.733. The number of ether oxygens (including phenoxy) is 2. The van der Waals surface area contributed by atoms with Crippen molar-refractivity contribution in [3.8, 4) is 0 Å². The van der Waals surface area contributed by atoms with Gasteiger partial charge in [-0.1, -0.05) is 13.0 Å². The Kier molecular flexibility index (Phi) is 6.25. The number of amides is 2. The molecule has 2 N–H and O–H groups in total. The van der Waals surface area contributed by atoms with Crippen LogP contribution in [0.25, 0.3) is 0 Å². The van der Waals surface area contributed by atoms with Crippen molar-refractivity contribution in [3.63, 3.8) is 0 Å². The number of allylic oxidation sites excluding steroid dienone is 3. The molecule has 134 valence electrons. The number of urea groups is 1. The Labute approximate surface area is 143 Å². The summed E-state index contributed by atoms with van der Waals surface area (Å²) in [4.78, 5) is 26.3. The van der Waals surface area contributed by atoms with Crippen LogP contribution in [0.15, 0.2) is 24.0 Å². The molecule has 2 rings (SSSR count). The van der Waals surface area contributed by atoms with Crippen molar-refractivity contribution in [3.05, 3.63) is 24.0 Å². The largest absolute Gasteiger partial charge is 0.497 e. The van der Waals surface area contributed by atoms with Crippen molar-refractivity contribution < 1.29 is 19.1 Å². The summed E-state index contributed by atoms with van der Waals surface area (Å²) in [6.45, 7) is 4.86. The van der Waals surface area contributed by atoms with Gasteiger partial charge in [-0.3, -0.25) is 0 Å². The third-order valence-corrected chi connectivity index (χ3v) is 4.51. The van der Waals surface area contributed by atoms with Crippen molar-refractivity contribution in [2.45, 2.75) is 25.8 Å². The molecule has 2 amide bonds. The van der Waals surface area contributed by atoms with Crippen LogP contribution in [0.2, 0.25) is 0 Å². The fourth-order valence-corrected chi connectivity index (χ4v) is 2.97. The van der Waals surface area contributed by atoms with Crippen LogP contribution in [0.3, 0.4) is 0 Å². The molecule has 1 aliphatic carbocycles. The first-order valence-corrected chi connectivity index (χ1v) is 8.25. The van der Waals surface area contributed by atoms with Crippen LogP contribution in [-0.2, 0) is 14.3 Å². The summed E-state index contributed by atoms with van der Waals surface area (Å²) < 4.78 is 10.1. The smallest absolute Gasteiger partial charge is 0.328 e. The predicted octanol–water partition coefficient (Wildman–Crippen LogP) is 1.03. The van der Waals surface area contributed by atoms with Crippen LogP contribution in [0.5, 0.6) is 0 Å². The molecule has 2 atom stereocenters. The summed E-state index contributed by atoms with van der Waals surface area (Å²) in [5, 5.41) is 6.03. The second-order valence-corrected chi connectivity index (χ2v) is 6.47. The Balaban J connectivity index is 2.00. The van der Waals surface area contributed by atoms with Gasteiger partial charge in [0.2, 0.25) is 0 Å². The average Bonchev–Trinajstić information content (AvgIpc) is 2.61. The van der Waals surface area contributed by atoms with E-state index in [2.05, 4.69) is 17.6 Å². The number of carbonyl (C=O) groups excluding carboxylic acids is 2. The van der Waals surface area contributed by atoms with E-state index in [4.69, 9.17) is 9.47 Å². The standard InChI is InChI=1S/C17H27N3O4/c1-17(6-4-13(23-2)5-7-17)12-14(15(21)24-3)19-16(22)20-10-8-18-9-11-20/h4-6,14,18H,7-12H2,1-3H3,(H,19,22)/t14-,17?/m0/s1. The van der Waals surface area contributed by atoms with Gasteiger partial charge in [-0.2, -0.15) is 0 Å². The number of esters is 1. The van der Waals surface area contributed by atoms with Crippen LogP contribution >= 0.6 is 0 Å². The number of piperazine rings is 1. The van der Waals surface area contributed by atoms with Gasteiger partial charge < -0.3 is 25.0 Å². The number of hydrogen-bond donors (Lipinski definition) is 2. The summed E-state index contributed by atoms with van der Waals surface area (Å²) in [5.74, 6) is 0.390. The first-order valence-electron chi connectivity index (χ1n) is 8.25. The number of nitrogens with one attached hydrogen (secondary N) is 2. The Morgan fingerprint density at radius 2 is 2.08 bits per heavy atom. The van der Waals surface area contributed by atoms with Gasteiger partial charge in [0.25, 0.3) is 0 Å². The first-order chi connectivity index (χ1) is 11.5. The van der Waals surface area contributed by atoms with E-state index in [0.717, 1.165) is 25.3 Å². The van der Waals surface area contributed by atoms with Gasteiger partial charge in [-0.05, 0) is 30.4 Å². The Hall–Kier alpha value is -2.02. The maximum absolute atomic E-state index is 12.4. The number of hydrogen-bond acceptors (Lipinski definition) is 5. The molecule has 1 saturated heterocycles. The number of methoxy groups -OCH3 is 2.